The van der Waals surface area contributed by atoms with E-state index >= 15 is 0 Å². The molecule has 16 heavy (non-hydrogen) atoms. The summed E-state index contributed by atoms with van der Waals surface area (Å²) in [5.74, 6) is 0. The Bertz CT molecular complexity index is 590. The number of benzene rings is 1. The Morgan fingerprint density at radius 2 is 1.81 bits per heavy atom. The van der Waals surface area contributed by atoms with Gasteiger partial charge in [0.2, 0.25) is 5.56 Å². The monoisotopic (exact) mass is 216 g/mol. The summed E-state index contributed by atoms with van der Waals surface area (Å²) in [6.45, 7) is 0. The lowest BCUT2D eigenvalue weighted by molar-refractivity contribution is -0.384. The summed E-state index contributed by atoms with van der Waals surface area (Å²) < 4.78 is 0. The third-order valence-electron chi connectivity index (χ3n) is 2.16. The summed E-state index contributed by atoms with van der Waals surface area (Å²) >= 11 is 0. The van der Waals surface area contributed by atoms with Gasteiger partial charge >= 0.3 is 0 Å². The topological polar surface area (TPSA) is 76.0 Å². The van der Waals surface area contributed by atoms with E-state index in [4.69, 9.17) is 0 Å². The Labute approximate surface area is 90.5 Å². The highest BCUT2D eigenvalue weighted by Gasteiger charge is 2.13. The van der Waals surface area contributed by atoms with Gasteiger partial charge in [-0.25, -0.2) is 0 Å². The van der Waals surface area contributed by atoms with Crippen LogP contribution in [-0.2, 0) is 0 Å². The van der Waals surface area contributed by atoms with Gasteiger partial charge in [0.1, 0.15) is 0 Å². The minimum Gasteiger partial charge on any atom is -0.322 e. The maximum absolute atomic E-state index is 11.1. The second-order valence-corrected chi connectivity index (χ2v) is 3.20. The Kier molecular flexibility index (Phi) is 2.51. The number of aromatic amines is 1. The second-order valence-electron chi connectivity index (χ2n) is 3.20. The maximum atomic E-state index is 11.1. The summed E-state index contributed by atoms with van der Waals surface area (Å²) in [4.78, 5) is 24.0. The first-order chi connectivity index (χ1) is 7.68. The lowest BCUT2D eigenvalue weighted by Gasteiger charge is -2.01. The van der Waals surface area contributed by atoms with Crippen molar-refractivity contribution < 1.29 is 4.92 Å². The van der Waals surface area contributed by atoms with Gasteiger partial charge in [0.25, 0.3) is 5.69 Å². The van der Waals surface area contributed by atoms with Gasteiger partial charge in [-0.2, -0.15) is 0 Å². The minimum absolute atomic E-state index is 0.0237. The van der Waals surface area contributed by atoms with Crippen molar-refractivity contribution in [2.75, 3.05) is 0 Å². The molecule has 0 aliphatic heterocycles. The Morgan fingerprint density at radius 1 is 1.06 bits per heavy atom. The van der Waals surface area contributed by atoms with Crippen molar-refractivity contribution in [1.82, 2.24) is 4.98 Å². The molecule has 1 aromatic carbocycles. The van der Waals surface area contributed by atoms with Gasteiger partial charge in [0, 0.05) is 12.1 Å². The number of hydrogen-bond acceptors (Lipinski definition) is 3. The van der Waals surface area contributed by atoms with Gasteiger partial charge in [0.15, 0.2) is 0 Å². The smallest absolute Gasteiger partial charge is 0.278 e. The third kappa shape index (κ3) is 1.83. The van der Waals surface area contributed by atoms with Gasteiger partial charge < -0.3 is 4.98 Å². The van der Waals surface area contributed by atoms with Crippen LogP contribution in [0.5, 0.6) is 0 Å². The molecule has 0 amide bonds. The van der Waals surface area contributed by atoms with Gasteiger partial charge in [-0.15, -0.1) is 0 Å². The fraction of sp³-hybridized carbons (Fsp3) is 0. The predicted octanol–water partition coefficient (Wildman–Crippen LogP) is 1.95. The van der Waals surface area contributed by atoms with E-state index in [2.05, 4.69) is 4.98 Å². The van der Waals surface area contributed by atoms with Crippen LogP contribution in [0.4, 0.5) is 5.69 Å². The standard InChI is InChI=1S/C11H8N2O3/c14-11-7-3-5-9(12-11)8-4-1-2-6-10(8)13(15)16/h1-7H,(H,12,14). The van der Waals surface area contributed by atoms with Crippen LogP contribution < -0.4 is 5.56 Å². The number of aromatic nitrogens is 1. The largest absolute Gasteiger partial charge is 0.322 e. The van der Waals surface area contributed by atoms with Gasteiger partial charge in [0.05, 0.1) is 16.2 Å². The molecule has 1 heterocycles. The molecule has 0 fully saturated rings. The van der Waals surface area contributed by atoms with Crippen LogP contribution in [0.15, 0.2) is 47.3 Å². The predicted molar refractivity (Wildman–Crippen MR) is 59.2 cm³/mol. The van der Waals surface area contributed by atoms with Crippen LogP contribution in [0.2, 0.25) is 0 Å². The Hall–Kier alpha value is -2.43. The van der Waals surface area contributed by atoms with Crippen molar-refractivity contribution in [3.63, 3.8) is 0 Å². The lowest BCUT2D eigenvalue weighted by Crippen LogP contribution is -2.04. The SMILES string of the molecule is O=c1cccc(-c2ccccc2[N+](=O)[O-])[nH]1. The molecule has 2 rings (SSSR count). The molecule has 0 spiro atoms. The van der Waals surface area contributed by atoms with Crippen LogP contribution >= 0.6 is 0 Å². The molecule has 5 nitrogen and oxygen atoms in total. The molecular weight excluding hydrogens is 208 g/mol. The average Bonchev–Trinajstić information content (AvgIpc) is 2.29. The fourth-order valence-corrected chi connectivity index (χ4v) is 1.47. The molecule has 2 aromatic rings. The first kappa shape index (κ1) is 10.1. The zero-order valence-electron chi connectivity index (χ0n) is 8.21. The molecular formula is C11H8N2O3. The summed E-state index contributed by atoms with van der Waals surface area (Å²) in [5.41, 5.74) is 0.546. The number of nitrogens with one attached hydrogen (secondary N) is 1. The Balaban J connectivity index is 2.64. The van der Waals surface area contributed by atoms with Crippen molar-refractivity contribution >= 4 is 5.69 Å². The van der Waals surface area contributed by atoms with E-state index in [1.54, 1.807) is 30.3 Å². The van der Waals surface area contributed by atoms with Gasteiger partial charge in [-0.05, 0) is 12.1 Å². The highest BCUT2D eigenvalue weighted by molar-refractivity contribution is 5.70. The van der Waals surface area contributed by atoms with Gasteiger partial charge in [-0.1, -0.05) is 18.2 Å². The number of nitro benzene ring substituents is 1. The van der Waals surface area contributed by atoms with Crippen LogP contribution in [0.25, 0.3) is 11.3 Å². The number of pyridine rings is 1. The molecule has 0 radical (unpaired) electrons. The number of rotatable bonds is 2. The lowest BCUT2D eigenvalue weighted by atomic mass is 10.1. The van der Waals surface area contributed by atoms with E-state index in [9.17, 15) is 14.9 Å². The van der Waals surface area contributed by atoms with Crippen molar-refractivity contribution in [2.24, 2.45) is 0 Å². The van der Waals surface area contributed by atoms with E-state index in [0.717, 1.165) is 0 Å². The summed E-state index contributed by atoms with van der Waals surface area (Å²) in [6, 6.07) is 10.8. The van der Waals surface area contributed by atoms with E-state index in [-0.39, 0.29) is 11.2 Å². The van der Waals surface area contributed by atoms with Crippen molar-refractivity contribution in [2.45, 2.75) is 0 Å². The van der Waals surface area contributed by atoms with E-state index < -0.39 is 4.92 Å². The second kappa shape index (κ2) is 3.98. The average molecular weight is 216 g/mol. The normalized spacial score (nSPS) is 10.0. The van der Waals surface area contributed by atoms with E-state index in [1.165, 1.54) is 12.1 Å². The summed E-state index contributed by atoms with van der Waals surface area (Å²) in [6.07, 6.45) is 0. The molecule has 0 bridgehead atoms. The van der Waals surface area contributed by atoms with Crippen LogP contribution in [-0.4, -0.2) is 9.91 Å². The number of nitro groups is 1. The molecule has 1 N–H and O–H groups in total. The molecule has 0 unspecified atom stereocenters. The Morgan fingerprint density at radius 3 is 2.50 bits per heavy atom. The quantitative estimate of drug-likeness (QED) is 0.615. The minimum atomic E-state index is -0.472. The zero-order valence-corrected chi connectivity index (χ0v) is 8.21. The molecule has 80 valence electrons. The van der Waals surface area contributed by atoms with Crippen LogP contribution in [0, 0.1) is 10.1 Å². The zero-order chi connectivity index (χ0) is 11.5. The molecule has 0 aliphatic carbocycles. The number of hydrogen-bond donors (Lipinski definition) is 1. The molecule has 5 heteroatoms. The highest BCUT2D eigenvalue weighted by atomic mass is 16.6. The molecule has 0 aliphatic rings. The third-order valence-corrected chi connectivity index (χ3v) is 2.16. The molecule has 0 saturated heterocycles. The van der Waals surface area contributed by atoms with Crippen LogP contribution in [0.3, 0.4) is 0 Å². The first-order valence-electron chi connectivity index (χ1n) is 4.61. The summed E-state index contributed by atoms with van der Waals surface area (Å²) in [7, 11) is 0. The first-order valence-corrected chi connectivity index (χ1v) is 4.61. The van der Waals surface area contributed by atoms with E-state index in [1.807, 2.05) is 0 Å². The van der Waals surface area contributed by atoms with Crippen LogP contribution in [0.1, 0.15) is 0 Å². The summed E-state index contributed by atoms with van der Waals surface area (Å²) in [5, 5.41) is 10.8. The molecule has 0 saturated carbocycles. The van der Waals surface area contributed by atoms with Crippen molar-refractivity contribution in [3.8, 4) is 11.3 Å². The molecule has 0 atom stereocenters. The fourth-order valence-electron chi connectivity index (χ4n) is 1.47. The van der Waals surface area contributed by atoms with Crippen molar-refractivity contribution in [3.05, 3.63) is 62.9 Å². The number of H-pyrrole nitrogens is 1. The number of para-hydroxylation sites is 1. The van der Waals surface area contributed by atoms with E-state index in [0.29, 0.717) is 11.3 Å². The molecule has 1 aromatic heterocycles. The van der Waals surface area contributed by atoms with Crippen molar-refractivity contribution in [1.29, 1.82) is 0 Å². The highest BCUT2D eigenvalue weighted by Crippen LogP contribution is 2.26. The maximum Gasteiger partial charge on any atom is 0.278 e. The number of nitrogens with zero attached hydrogens (tertiary/aromatic N) is 1. The van der Waals surface area contributed by atoms with Gasteiger partial charge in [-0.3, -0.25) is 14.9 Å².